The van der Waals surface area contributed by atoms with Crippen LogP contribution in [0.25, 0.3) is 0 Å². The summed E-state index contributed by atoms with van der Waals surface area (Å²) < 4.78 is 12.9. The summed E-state index contributed by atoms with van der Waals surface area (Å²) in [5.41, 5.74) is 2.14. The molecule has 0 bridgehead atoms. The van der Waals surface area contributed by atoms with Crippen molar-refractivity contribution in [1.29, 1.82) is 0 Å². The fraction of sp³-hybridized carbons (Fsp3) is 0.0526. The molecule has 126 valence electrons. The lowest BCUT2D eigenvalue weighted by Crippen LogP contribution is -2.13. The molecule has 0 fully saturated rings. The van der Waals surface area contributed by atoms with Gasteiger partial charge in [0.05, 0.1) is 22.5 Å². The van der Waals surface area contributed by atoms with Gasteiger partial charge in [0.1, 0.15) is 11.6 Å². The Morgan fingerprint density at radius 2 is 1.80 bits per heavy atom. The van der Waals surface area contributed by atoms with Crippen LogP contribution in [0, 0.1) is 5.82 Å². The number of carbonyl (C=O) groups is 1. The third kappa shape index (κ3) is 4.55. The first-order valence-corrected chi connectivity index (χ1v) is 8.00. The van der Waals surface area contributed by atoms with E-state index in [2.05, 4.69) is 15.6 Å². The fourth-order valence-electron chi connectivity index (χ4n) is 2.21. The molecule has 0 unspecified atom stereocenters. The summed E-state index contributed by atoms with van der Waals surface area (Å²) >= 11 is 6.01. The van der Waals surface area contributed by atoms with Crippen LogP contribution >= 0.6 is 11.6 Å². The summed E-state index contributed by atoms with van der Waals surface area (Å²) in [7, 11) is 0. The van der Waals surface area contributed by atoms with Crippen molar-refractivity contribution in [2.24, 2.45) is 0 Å². The van der Waals surface area contributed by atoms with E-state index in [0.717, 1.165) is 11.3 Å². The van der Waals surface area contributed by atoms with Crippen LogP contribution in [0.4, 0.5) is 15.9 Å². The van der Waals surface area contributed by atoms with Crippen LogP contribution in [0.3, 0.4) is 0 Å². The van der Waals surface area contributed by atoms with E-state index in [-0.39, 0.29) is 11.7 Å². The number of carbonyl (C=O) groups excluding carboxylic acids is 1. The van der Waals surface area contributed by atoms with Crippen molar-refractivity contribution in [3.63, 3.8) is 0 Å². The van der Waals surface area contributed by atoms with Crippen molar-refractivity contribution in [1.82, 2.24) is 4.98 Å². The Hall–Kier alpha value is -2.92. The van der Waals surface area contributed by atoms with Gasteiger partial charge < -0.3 is 10.6 Å². The lowest BCUT2D eigenvalue weighted by Gasteiger charge is -2.09. The number of hydrogen-bond acceptors (Lipinski definition) is 3. The molecular formula is C19H15ClFN3O. The quantitative estimate of drug-likeness (QED) is 0.695. The van der Waals surface area contributed by atoms with Gasteiger partial charge in [0.25, 0.3) is 5.91 Å². The van der Waals surface area contributed by atoms with Crippen molar-refractivity contribution in [2.45, 2.75) is 6.54 Å². The highest BCUT2D eigenvalue weighted by atomic mass is 35.5. The van der Waals surface area contributed by atoms with Crippen molar-refractivity contribution in [3.05, 3.63) is 88.8 Å². The van der Waals surface area contributed by atoms with Crippen molar-refractivity contribution >= 4 is 29.0 Å². The van der Waals surface area contributed by atoms with Crippen LogP contribution < -0.4 is 10.6 Å². The average molecular weight is 356 g/mol. The van der Waals surface area contributed by atoms with Crippen molar-refractivity contribution < 1.29 is 9.18 Å². The second-order valence-corrected chi connectivity index (χ2v) is 5.75. The Bertz CT molecular complexity index is 867. The van der Waals surface area contributed by atoms with Crippen molar-refractivity contribution in [2.75, 3.05) is 10.6 Å². The molecular weight excluding hydrogens is 341 g/mol. The van der Waals surface area contributed by atoms with Gasteiger partial charge in [-0.05, 0) is 42.0 Å². The highest BCUT2D eigenvalue weighted by Gasteiger charge is 2.10. The zero-order chi connectivity index (χ0) is 17.6. The Labute approximate surface area is 149 Å². The van der Waals surface area contributed by atoms with Crippen LogP contribution in [0.2, 0.25) is 5.02 Å². The number of rotatable bonds is 5. The molecule has 0 radical (unpaired) electrons. The molecule has 1 aromatic heterocycles. The molecule has 2 aromatic carbocycles. The van der Waals surface area contributed by atoms with E-state index in [0.29, 0.717) is 22.9 Å². The second-order valence-electron chi connectivity index (χ2n) is 5.35. The van der Waals surface area contributed by atoms with Gasteiger partial charge in [-0.15, -0.1) is 0 Å². The molecule has 3 aromatic rings. The summed E-state index contributed by atoms with van der Waals surface area (Å²) in [5.74, 6) is -0.147. The minimum absolute atomic E-state index is 0.260. The van der Waals surface area contributed by atoms with E-state index in [1.165, 1.54) is 12.1 Å². The number of hydrogen-bond donors (Lipinski definition) is 2. The van der Waals surface area contributed by atoms with Gasteiger partial charge >= 0.3 is 0 Å². The molecule has 0 spiro atoms. The largest absolute Gasteiger partial charge is 0.380 e. The minimum atomic E-state index is -0.315. The Morgan fingerprint density at radius 3 is 2.48 bits per heavy atom. The lowest BCUT2D eigenvalue weighted by molar-refractivity contribution is 0.102. The van der Waals surface area contributed by atoms with Gasteiger partial charge in [-0.3, -0.25) is 4.79 Å². The zero-order valence-corrected chi connectivity index (χ0v) is 13.9. The molecule has 0 aliphatic rings. The van der Waals surface area contributed by atoms with E-state index in [9.17, 15) is 9.18 Å². The monoisotopic (exact) mass is 355 g/mol. The van der Waals surface area contributed by atoms with E-state index < -0.39 is 0 Å². The Balaban J connectivity index is 1.59. The van der Waals surface area contributed by atoms with Gasteiger partial charge in [0, 0.05) is 6.54 Å². The molecule has 1 heterocycles. The van der Waals surface area contributed by atoms with Gasteiger partial charge in [-0.1, -0.05) is 35.9 Å². The van der Waals surface area contributed by atoms with Crippen LogP contribution in [0.5, 0.6) is 0 Å². The van der Waals surface area contributed by atoms with Gasteiger partial charge in [-0.2, -0.15) is 0 Å². The SMILES string of the molecule is O=C(Nc1ccc(NCc2ccc(F)cc2)cn1)c1ccccc1Cl. The maximum absolute atomic E-state index is 12.9. The summed E-state index contributed by atoms with van der Waals surface area (Å²) in [5, 5.41) is 6.27. The lowest BCUT2D eigenvalue weighted by atomic mass is 10.2. The van der Waals surface area contributed by atoms with Crippen LogP contribution in [-0.2, 0) is 6.54 Å². The number of pyridine rings is 1. The predicted molar refractivity (Wildman–Crippen MR) is 97.4 cm³/mol. The number of benzene rings is 2. The minimum Gasteiger partial charge on any atom is -0.380 e. The third-order valence-corrected chi connectivity index (χ3v) is 3.86. The molecule has 0 atom stereocenters. The second kappa shape index (κ2) is 7.77. The summed E-state index contributed by atoms with van der Waals surface area (Å²) in [6, 6.07) is 16.6. The maximum atomic E-state index is 12.9. The van der Waals surface area contributed by atoms with Gasteiger partial charge in [0.2, 0.25) is 0 Å². The van der Waals surface area contributed by atoms with Gasteiger partial charge in [0.15, 0.2) is 0 Å². The van der Waals surface area contributed by atoms with E-state index >= 15 is 0 Å². The van der Waals surface area contributed by atoms with Gasteiger partial charge in [-0.25, -0.2) is 9.37 Å². The molecule has 2 N–H and O–H groups in total. The molecule has 0 aliphatic carbocycles. The standard InChI is InChI=1S/C19H15ClFN3O/c20-17-4-2-1-3-16(17)19(25)24-18-10-9-15(12-23-18)22-11-13-5-7-14(21)8-6-13/h1-10,12,22H,11H2,(H,23,24,25). The first-order chi connectivity index (χ1) is 12.1. The molecule has 4 nitrogen and oxygen atoms in total. The maximum Gasteiger partial charge on any atom is 0.258 e. The first kappa shape index (κ1) is 16.9. The predicted octanol–water partition coefficient (Wildman–Crippen LogP) is 4.74. The van der Waals surface area contributed by atoms with Crippen LogP contribution in [0.1, 0.15) is 15.9 Å². The molecule has 0 aliphatic heterocycles. The average Bonchev–Trinajstić information content (AvgIpc) is 2.63. The number of nitrogens with one attached hydrogen (secondary N) is 2. The summed E-state index contributed by atoms with van der Waals surface area (Å²) in [4.78, 5) is 16.4. The van der Waals surface area contributed by atoms with E-state index in [1.54, 1.807) is 54.7 Å². The molecule has 1 amide bonds. The number of halogens is 2. The molecule has 3 rings (SSSR count). The number of aromatic nitrogens is 1. The fourth-order valence-corrected chi connectivity index (χ4v) is 2.43. The highest BCUT2D eigenvalue weighted by molar-refractivity contribution is 6.34. The Morgan fingerprint density at radius 1 is 1.04 bits per heavy atom. The third-order valence-electron chi connectivity index (χ3n) is 3.53. The normalized spacial score (nSPS) is 10.3. The molecule has 25 heavy (non-hydrogen) atoms. The molecule has 0 saturated heterocycles. The number of nitrogens with zero attached hydrogens (tertiary/aromatic N) is 1. The smallest absolute Gasteiger partial charge is 0.258 e. The summed E-state index contributed by atoms with van der Waals surface area (Å²) in [6.45, 7) is 0.549. The Kier molecular flexibility index (Phi) is 5.26. The van der Waals surface area contributed by atoms with E-state index in [4.69, 9.17) is 11.6 Å². The molecule has 6 heteroatoms. The summed E-state index contributed by atoms with van der Waals surface area (Å²) in [6.07, 6.45) is 1.62. The number of amides is 1. The highest BCUT2D eigenvalue weighted by Crippen LogP contribution is 2.17. The van der Waals surface area contributed by atoms with Crippen LogP contribution in [-0.4, -0.2) is 10.9 Å². The van der Waals surface area contributed by atoms with Crippen LogP contribution in [0.15, 0.2) is 66.9 Å². The molecule has 0 saturated carbocycles. The first-order valence-electron chi connectivity index (χ1n) is 7.62. The zero-order valence-electron chi connectivity index (χ0n) is 13.2. The number of anilines is 2. The van der Waals surface area contributed by atoms with E-state index in [1.807, 2.05) is 0 Å². The van der Waals surface area contributed by atoms with Crippen molar-refractivity contribution in [3.8, 4) is 0 Å². The topological polar surface area (TPSA) is 54.0 Å².